The van der Waals surface area contributed by atoms with Gasteiger partial charge in [0.2, 0.25) is 0 Å². The lowest BCUT2D eigenvalue weighted by molar-refractivity contribution is -0.149. The molecule has 0 aromatic carbocycles. The lowest BCUT2D eigenvalue weighted by Gasteiger charge is -2.16. The molecule has 1 N–H and O–H groups in total. The summed E-state index contributed by atoms with van der Waals surface area (Å²) in [5.74, 6) is -0.636. The van der Waals surface area contributed by atoms with Crippen molar-refractivity contribution in [3.8, 4) is 0 Å². The van der Waals surface area contributed by atoms with Crippen LogP contribution in [0.2, 0.25) is 0 Å². The maximum atomic E-state index is 12.4. The highest BCUT2D eigenvalue weighted by molar-refractivity contribution is 5.69. The van der Waals surface area contributed by atoms with Crippen molar-refractivity contribution in [2.45, 2.75) is 270 Å². The van der Waals surface area contributed by atoms with E-state index in [4.69, 9.17) is 9.84 Å². The number of allylic oxidation sites excluding steroid dienone is 2. The van der Waals surface area contributed by atoms with Crippen molar-refractivity contribution >= 4 is 11.9 Å². The van der Waals surface area contributed by atoms with Gasteiger partial charge in [0.15, 0.2) is 0 Å². The molecule has 0 amide bonds. The summed E-state index contributed by atoms with van der Waals surface area (Å²) in [6.45, 7) is 4.44. The average Bonchev–Trinajstić information content (AvgIpc) is 3.11. The van der Waals surface area contributed by atoms with Gasteiger partial charge >= 0.3 is 11.9 Å². The lowest BCUT2D eigenvalue weighted by Crippen LogP contribution is -2.17. The fraction of sp³-hybridized carbons (Fsp3) is 0.913. The van der Waals surface area contributed by atoms with Gasteiger partial charge in [-0.3, -0.25) is 9.59 Å². The normalized spacial score (nSPS) is 12.2. The van der Waals surface area contributed by atoms with E-state index in [2.05, 4.69) is 26.0 Å². The van der Waals surface area contributed by atoms with Gasteiger partial charge in [-0.25, -0.2) is 0 Å². The predicted octanol–water partition coefficient (Wildman–Crippen LogP) is 15.8. The van der Waals surface area contributed by atoms with E-state index in [0.717, 1.165) is 38.5 Å². The van der Waals surface area contributed by atoms with Crippen LogP contribution in [0, 0.1) is 0 Å². The van der Waals surface area contributed by atoms with Crippen molar-refractivity contribution in [1.29, 1.82) is 0 Å². The minimum atomic E-state index is -0.662. The molecule has 296 valence electrons. The Morgan fingerprint density at radius 3 is 1.12 bits per heavy atom. The van der Waals surface area contributed by atoms with Crippen molar-refractivity contribution in [1.82, 2.24) is 0 Å². The molecule has 1 atom stereocenters. The smallest absolute Gasteiger partial charge is 0.306 e. The third kappa shape index (κ3) is 41.1. The third-order valence-corrected chi connectivity index (χ3v) is 10.6. The number of carboxylic acids is 1. The molecule has 4 nitrogen and oxygen atoms in total. The number of carbonyl (C=O) groups excluding carboxylic acids is 1. The van der Waals surface area contributed by atoms with Gasteiger partial charge < -0.3 is 9.84 Å². The first kappa shape index (κ1) is 48.7. The van der Waals surface area contributed by atoms with E-state index in [1.54, 1.807) is 0 Å². The van der Waals surface area contributed by atoms with E-state index in [0.29, 0.717) is 12.8 Å². The summed E-state index contributed by atoms with van der Waals surface area (Å²) in [6.07, 6.45) is 53.5. The Labute approximate surface area is 313 Å². The Morgan fingerprint density at radius 1 is 0.440 bits per heavy atom. The number of rotatable bonds is 42. The van der Waals surface area contributed by atoms with E-state index >= 15 is 0 Å². The minimum absolute atomic E-state index is 0.0260. The summed E-state index contributed by atoms with van der Waals surface area (Å²) in [6, 6.07) is 0. The largest absolute Gasteiger partial charge is 0.481 e. The van der Waals surface area contributed by atoms with Crippen LogP contribution in [0.15, 0.2) is 12.2 Å². The minimum Gasteiger partial charge on any atom is -0.481 e. The number of carboxylic acid groups (broad SMARTS) is 1. The van der Waals surface area contributed by atoms with Crippen LogP contribution in [0.4, 0.5) is 0 Å². The molecule has 0 aliphatic heterocycles. The van der Waals surface area contributed by atoms with E-state index in [-0.39, 0.29) is 12.1 Å². The highest BCUT2D eigenvalue weighted by atomic mass is 16.5. The first-order valence-electron chi connectivity index (χ1n) is 22.7. The fourth-order valence-electron chi connectivity index (χ4n) is 7.12. The Bertz CT molecular complexity index is 717. The summed E-state index contributed by atoms with van der Waals surface area (Å²) in [7, 11) is 0. The molecule has 0 aromatic rings. The molecular weight excluding hydrogens is 617 g/mol. The van der Waals surface area contributed by atoms with Crippen molar-refractivity contribution in [2.24, 2.45) is 0 Å². The van der Waals surface area contributed by atoms with Gasteiger partial charge in [-0.05, 0) is 57.8 Å². The number of hydrogen-bond donors (Lipinski definition) is 1. The predicted molar refractivity (Wildman–Crippen MR) is 218 cm³/mol. The second kappa shape index (κ2) is 42.1. The van der Waals surface area contributed by atoms with E-state index in [1.807, 2.05) is 0 Å². The fourth-order valence-corrected chi connectivity index (χ4v) is 7.12. The van der Waals surface area contributed by atoms with E-state index < -0.39 is 5.97 Å². The van der Waals surface area contributed by atoms with Crippen LogP contribution in [-0.2, 0) is 14.3 Å². The molecule has 0 saturated carbocycles. The van der Waals surface area contributed by atoms with Crippen LogP contribution in [0.1, 0.15) is 264 Å². The maximum absolute atomic E-state index is 12.4. The number of aliphatic carboxylic acids is 1. The Morgan fingerprint density at radius 2 is 0.760 bits per heavy atom. The van der Waals surface area contributed by atoms with Crippen LogP contribution in [0.5, 0.6) is 0 Å². The van der Waals surface area contributed by atoms with Crippen molar-refractivity contribution < 1.29 is 19.4 Å². The molecule has 0 fully saturated rings. The van der Waals surface area contributed by atoms with Crippen LogP contribution in [0.25, 0.3) is 0 Å². The zero-order chi connectivity index (χ0) is 36.4. The van der Waals surface area contributed by atoms with Gasteiger partial charge in [-0.15, -0.1) is 0 Å². The lowest BCUT2D eigenvalue weighted by atomic mass is 10.0. The highest BCUT2D eigenvalue weighted by Crippen LogP contribution is 2.18. The van der Waals surface area contributed by atoms with Crippen LogP contribution in [0.3, 0.4) is 0 Å². The molecule has 0 aliphatic carbocycles. The molecule has 0 aromatic heterocycles. The van der Waals surface area contributed by atoms with E-state index in [9.17, 15) is 9.59 Å². The SMILES string of the molecule is CCCCCCCC/C=C\CCCCCCCCCCCCCC(=O)OC(CC)CCCCCCCCCCCCCCCCCCC(=O)O. The first-order chi connectivity index (χ1) is 24.6. The van der Waals surface area contributed by atoms with Gasteiger partial charge in [0.1, 0.15) is 6.10 Å². The van der Waals surface area contributed by atoms with Crippen LogP contribution in [-0.4, -0.2) is 23.1 Å². The summed E-state index contributed by atoms with van der Waals surface area (Å²) >= 11 is 0. The number of esters is 1. The molecule has 0 bridgehead atoms. The highest BCUT2D eigenvalue weighted by Gasteiger charge is 2.12. The van der Waals surface area contributed by atoms with Crippen molar-refractivity contribution in [3.05, 3.63) is 12.2 Å². The molecule has 50 heavy (non-hydrogen) atoms. The number of carbonyl (C=O) groups is 2. The summed E-state index contributed by atoms with van der Waals surface area (Å²) in [4.78, 5) is 22.9. The Balaban J connectivity index is 3.38. The second-order valence-corrected chi connectivity index (χ2v) is 15.6. The molecule has 0 saturated heterocycles. The standard InChI is InChI=1S/C46H88O4/c1-3-5-6-7-8-9-10-11-12-13-14-15-16-17-22-25-28-31-34-37-40-43-46(49)50-44(4-2)41-38-35-32-29-26-23-20-18-19-21-24-27-30-33-36-39-42-45(47)48/h11-12,44H,3-10,13-43H2,1-2H3,(H,47,48)/b12-11-. The zero-order valence-corrected chi connectivity index (χ0v) is 34.0. The molecular formula is C46H88O4. The van der Waals surface area contributed by atoms with Crippen LogP contribution < -0.4 is 0 Å². The van der Waals surface area contributed by atoms with Gasteiger partial charge in [0.05, 0.1) is 0 Å². The maximum Gasteiger partial charge on any atom is 0.306 e. The molecule has 4 heteroatoms. The number of hydrogen-bond acceptors (Lipinski definition) is 3. The van der Waals surface area contributed by atoms with Gasteiger partial charge in [0.25, 0.3) is 0 Å². The third-order valence-electron chi connectivity index (χ3n) is 10.6. The zero-order valence-electron chi connectivity index (χ0n) is 34.0. The van der Waals surface area contributed by atoms with E-state index in [1.165, 1.54) is 199 Å². The van der Waals surface area contributed by atoms with Gasteiger partial charge in [-0.1, -0.05) is 206 Å². The summed E-state index contributed by atoms with van der Waals surface area (Å²) < 4.78 is 5.82. The van der Waals surface area contributed by atoms with Gasteiger partial charge in [0, 0.05) is 12.8 Å². The number of unbranched alkanes of at least 4 members (excludes halogenated alkanes) is 32. The molecule has 0 heterocycles. The first-order valence-corrected chi connectivity index (χ1v) is 22.7. The Kier molecular flexibility index (Phi) is 41.0. The summed E-state index contributed by atoms with van der Waals surface area (Å²) in [5, 5.41) is 8.66. The molecule has 0 radical (unpaired) electrons. The topological polar surface area (TPSA) is 63.6 Å². The second-order valence-electron chi connectivity index (χ2n) is 15.6. The Hall–Kier alpha value is -1.32. The number of ether oxygens (including phenoxy) is 1. The molecule has 0 spiro atoms. The summed E-state index contributed by atoms with van der Waals surface area (Å²) in [5.41, 5.74) is 0. The molecule has 1 unspecified atom stereocenters. The molecule has 0 rings (SSSR count). The van der Waals surface area contributed by atoms with Crippen molar-refractivity contribution in [2.75, 3.05) is 0 Å². The van der Waals surface area contributed by atoms with Crippen molar-refractivity contribution in [3.63, 3.8) is 0 Å². The average molecular weight is 705 g/mol. The van der Waals surface area contributed by atoms with Gasteiger partial charge in [-0.2, -0.15) is 0 Å². The quantitative estimate of drug-likeness (QED) is 0.0390. The molecule has 0 aliphatic rings. The monoisotopic (exact) mass is 705 g/mol. The van der Waals surface area contributed by atoms with Crippen LogP contribution >= 0.6 is 0 Å².